The minimum atomic E-state index is -0.421. The summed E-state index contributed by atoms with van der Waals surface area (Å²) in [4.78, 5) is 10.9. The van der Waals surface area contributed by atoms with Crippen molar-refractivity contribution in [2.45, 2.75) is 0 Å². The molecule has 0 aliphatic carbocycles. The van der Waals surface area contributed by atoms with Gasteiger partial charge in [0.05, 0.1) is 24.3 Å². The number of carbonyl (C=O) groups excluding carboxylic acids is 1. The average molecular weight is 160 g/mol. The fourth-order valence-corrected chi connectivity index (χ4v) is 0.739. The molecule has 0 fully saturated rings. The van der Waals surface area contributed by atoms with Crippen LogP contribution in [0.25, 0.3) is 0 Å². The third-order valence-corrected chi connectivity index (χ3v) is 1.35. The van der Waals surface area contributed by atoms with E-state index in [1.807, 2.05) is 6.07 Å². The van der Waals surface area contributed by atoms with Crippen LogP contribution < -0.4 is 0 Å². The van der Waals surface area contributed by atoms with Crippen LogP contribution in [-0.2, 0) is 4.74 Å². The lowest BCUT2D eigenvalue weighted by molar-refractivity contribution is 0.0600. The molecule has 3 nitrogen and oxygen atoms in total. The normalized spacial score (nSPS) is 8.67. The van der Waals surface area contributed by atoms with Gasteiger partial charge < -0.3 is 4.74 Å². The van der Waals surface area contributed by atoms with Crippen molar-refractivity contribution in [2.75, 3.05) is 7.11 Å². The molecule has 1 radical (unpaired) electrons. The SMILES string of the molecule is COC(=O)c1c[c]c(C#N)cc1. The van der Waals surface area contributed by atoms with Crippen LogP contribution in [0, 0.1) is 17.4 Å². The van der Waals surface area contributed by atoms with E-state index in [1.54, 1.807) is 0 Å². The molecule has 59 valence electrons. The van der Waals surface area contributed by atoms with E-state index >= 15 is 0 Å². The van der Waals surface area contributed by atoms with Gasteiger partial charge in [-0.05, 0) is 18.2 Å². The molecule has 0 saturated heterocycles. The lowest BCUT2D eigenvalue weighted by atomic mass is 10.1. The standard InChI is InChI=1S/C9H6NO2/c1-12-9(11)8-4-2-7(6-10)3-5-8/h2,4-5H,1H3. The quantitative estimate of drug-likeness (QED) is 0.579. The van der Waals surface area contributed by atoms with E-state index in [1.165, 1.54) is 25.3 Å². The summed E-state index contributed by atoms with van der Waals surface area (Å²) in [6.07, 6.45) is 0. The van der Waals surface area contributed by atoms with Crippen LogP contribution in [0.3, 0.4) is 0 Å². The van der Waals surface area contributed by atoms with E-state index < -0.39 is 5.97 Å². The van der Waals surface area contributed by atoms with E-state index in [4.69, 9.17) is 5.26 Å². The number of hydrogen-bond donors (Lipinski definition) is 0. The second kappa shape index (κ2) is 3.54. The number of nitrogens with zero attached hydrogens (tertiary/aromatic N) is 1. The van der Waals surface area contributed by atoms with Crippen LogP contribution in [0.1, 0.15) is 15.9 Å². The number of methoxy groups -OCH3 is 1. The molecule has 12 heavy (non-hydrogen) atoms. The first kappa shape index (κ1) is 8.28. The summed E-state index contributed by atoms with van der Waals surface area (Å²) in [5.74, 6) is -0.421. The van der Waals surface area contributed by atoms with E-state index in [0.717, 1.165) is 0 Å². The summed E-state index contributed by atoms with van der Waals surface area (Å²) in [7, 11) is 1.31. The Kier molecular flexibility index (Phi) is 2.44. The van der Waals surface area contributed by atoms with Crippen LogP contribution in [0.4, 0.5) is 0 Å². The molecule has 0 heterocycles. The van der Waals surface area contributed by atoms with E-state index in [0.29, 0.717) is 11.1 Å². The Morgan fingerprint density at radius 2 is 2.42 bits per heavy atom. The lowest BCUT2D eigenvalue weighted by Crippen LogP contribution is -2.00. The van der Waals surface area contributed by atoms with Crippen molar-refractivity contribution >= 4 is 5.97 Å². The Hall–Kier alpha value is -1.82. The predicted molar refractivity (Wildman–Crippen MR) is 41.3 cm³/mol. The largest absolute Gasteiger partial charge is 0.465 e. The van der Waals surface area contributed by atoms with E-state index in [2.05, 4.69) is 10.8 Å². The molecule has 1 aromatic rings. The molecule has 1 aromatic carbocycles. The van der Waals surface area contributed by atoms with Gasteiger partial charge in [0.25, 0.3) is 0 Å². The lowest BCUT2D eigenvalue weighted by Gasteiger charge is -1.96. The van der Waals surface area contributed by atoms with Gasteiger partial charge in [0.15, 0.2) is 0 Å². The van der Waals surface area contributed by atoms with Crippen LogP contribution in [0.5, 0.6) is 0 Å². The number of ether oxygens (including phenoxy) is 1. The zero-order chi connectivity index (χ0) is 8.97. The van der Waals surface area contributed by atoms with Crippen molar-refractivity contribution in [1.29, 1.82) is 5.26 Å². The monoisotopic (exact) mass is 160 g/mol. The molecule has 0 saturated carbocycles. The Balaban J connectivity index is 2.94. The first-order chi connectivity index (χ1) is 5.77. The molecule has 0 N–H and O–H groups in total. The molecule has 0 aliphatic heterocycles. The molecule has 0 bridgehead atoms. The molecule has 0 spiro atoms. The summed E-state index contributed by atoms with van der Waals surface area (Å²) in [6, 6.07) is 9.03. The van der Waals surface area contributed by atoms with Crippen molar-refractivity contribution in [3.8, 4) is 6.07 Å². The van der Waals surface area contributed by atoms with Gasteiger partial charge in [0.2, 0.25) is 0 Å². The summed E-state index contributed by atoms with van der Waals surface area (Å²) >= 11 is 0. The van der Waals surface area contributed by atoms with Gasteiger partial charge in [0, 0.05) is 6.07 Å². The Morgan fingerprint density at radius 3 is 2.83 bits per heavy atom. The van der Waals surface area contributed by atoms with Gasteiger partial charge in [-0.3, -0.25) is 0 Å². The highest BCUT2D eigenvalue weighted by Crippen LogP contribution is 2.03. The number of benzene rings is 1. The molecule has 3 heteroatoms. The number of esters is 1. The summed E-state index contributed by atoms with van der Waals surface area (Å²) < 4.78 is 4.47. The van der Waals surface area contributed by atoms with Gasteiger partial charge in [-0.15, -0.1) is 0 Å². The topological polar surface area (TPSA) is 50.1 Å². The van der Waals surface area contributed by atoms with E-state index in [-0.39, 0.29) is 0 Å². The average Bonchev–Trinajstić information content (AvgIpc) is 2.17. The van der Waals surface area contributed by atoms with Gasteiger partial charge in [-0.2, -0.15) is 5.26 Å². The van der Waals surface area contributed by atoms with Crippen molar-refractivity contribution in [1.82, 2.24) is 0 Å². The second-order valence-corrected chi connectivity index (χ2v) is 2.09. The van der Waals surface area contributed by atoms with Crippen LogP contribution in [0.2, 0.25) is 0 Å². The first-order valence-corrected chi connectivity index (χ1v) is 3.28. The molecule has 0 amide bonds. The number of rotatable bonds is 1. The predicted octanol–water partition coefficient (Wildman–Crippen LogP) is 1.15. The summed E-state index contributed by atoms with van der Waals surface area (Å²) in [5, 5.41) is 8.43. The van der Waals surface area contributed by atoms with Gasteiger partial charge in [-0.25, -0.2) is 4.79 Å². The van der Waals surface area contributed by atoms with Crippen LogP contribution in [-0.4, -0.2) is 13.1 Å². The highest BCUT2D eigenvalue weighted by Gasteiger charge is 2.03. The zero-order valence-corrected chi connectivity index (χ0v) is 6.50. The molecule has 0 atom stereocenters. The maximum absolute atomic E-state index is 10.9. The number of hydrogen-bond acceptors (Lipinski definition) is 3. The molecular formula is C9H6NO2. The fraction of sp³-hybridized carbons (Fsp3) is 0.111. The maximum Gasteiger partial charge on any atom is 0.337 e. The molecule has 1 rings (SSSR count). The minimum Gasteiger partial charge on any atom is -0.465 e. The highest BCUT2D eigenvalue weighted by atomic mass is 16.5. The summed E-state index contributed by atoms with van der Waals surface area (Å²) in [5.41, 5.74) is 0.805. The third kappa shape index (κ3) is 1.61. The Bertz CT molecular complexity index is 321. The van der Waals surface area contributed by atoms with Crippen molar-refractivity contribution < 1.29 is 9.53 Å². The van der Waals surface area contributed by atoms with Crippen LogP contribution >= 0.6 is 0 Å². The van der Waals surface area contributed by atoms with Crippen LogP contribution in [0.15, 0.2) is 18.2 Å². The van der Waals surface area contributed by atoms with Gasteiger partial charge in [0.1, 0.15) is 0 Å². The van der Waals surface area contributed by atoms with Gasteiger partial charge >= 0.3 is 5.97 Å². The zero-order valence-electron chi connectivity index (χ0n) is 6.50. The van der Waals surface area contributed by atoms with Gasteiger partial charge in [-0.1, -0.05) is 0 Å². The number of carbonyl (C=O) groups is 1. The second-order valence-electron chi connectivity index (χ2n) is 2.09. The Labute approximate surface area is 70.2 Å². The maximum atomic E-state index is 10.9. The van der Waals surface area contributed by atoms with Crippen molar-refractivity contribution in [3.63, 3.8) is 0 Å². The molecular weight excluding hydrogens is 154 g/mol. The summed E-state index contributed by atoms with van der Waals surface area (Å²) in [6.45, 7) is 0. The van der Waals surface area contributed by atoms with Crippen molar-refractivity contribution in [2.24, 2.45) is 0 Å². The first-order valence-electron chi connectivity index (χ1n) is 3.28. The smallest absolute Gasteiger partial charge is 0.337 e. The highest BCUT2D eigenvalue weighted by molar-refractivity contribution is 5.89. The third-order valence-electron chi connectivity index (χ3n) is 1.35. The number of nitriles is 1. The molecule has 0 aromatic heterocycles. The molecule has 0 unspecified atom stereocenters. The Morgan fingerprint density at radius 1 is 1.67 bits per heavy atom. The molecule has 0 aliphatic rings. The fourth-order valence-electron chi connectivity index (χ4n) is 0.739. The minimum absolute atomic E-state index is 0.400. The van der Waals surface area contributed by atoms with Crippen molar-refractivity contribution in [3.05, 3.63) is 35.4 Å². The van der Waals surface area contributed by atoms with E-state index in [9.17, 15) is 4.79 Å².